The van der Waals surface area contributed by atoms with Crippen LogP contribution in [-0.2, 0) is 4.79 Å². The van der Waals surface area contributed by atoms with Crippen molar-refractivity contribution in [2.24, 2.45) is 23.7 Å². The number of carbonyl (C=O) groups excluding carboxylic acids is 1. The maximum Gasteiger partial charge on any atom is 0.227 e. The van der Waals surface area contributed by atoms with Crippen molar-refractivity contribution in [2.75, 3.05) is 5.32 Å². The molecular formula is C27H26ClFN2O. The summed E-state index contributed by atoms with van der Waals surface area (Å²) in [7, 11) is 0. The van der Waals surface area contributed by atoms with Gasteiger partial charge in [0.25, 0.3) is 0 Å². The van der Waals surface area contributed by atoms with E-state index < -0.39 is 0 Å². The minimum Gasteiger partial charge on any atom is -0.326 e. The molecule has 4 unspecified atom stereocenters. The SMILES string of the molecule is CC(C(=O)Nc1ccc(Cl)cc1)C1CC2C=C(c3ccnc4ccc(F)cc34)CC(C2)C1. The second-order valence-corrected chi connectivity index (χ2v) is 9.73. The Hall–Kier alpha value is -2.72. The van der Waals surface area contributed by atoms with Gasteiger partial charge >= 0.3 is 0 Å². The summed E-state index contributed by atoms with van der Waals surface area (Å²) in [6, 6.07) is 14.0. The number of hydrogen-bond acceptors (Lipinski definition) is 2. The molecule has 1 saturated carbocycles. The summed E-state index contributed by atoms with van der Waals surface area (Å²) in [5, 5.41) is 4.57. The van der Waals surface area contributed by atoms with Crippen molar-refractivity contribution in [3.63, 3.8) is 0 Å². The van der Waals surface area contributed by atoms with Crippen LogP contribution in [0.15, 0.2) is 60.8 Å². The topological polar surface area (TPSA) is 42.0 Å². The molecule has 5 heteroatoms. The standard InChI is InChI=1S/C27H26ClFN2O/c1-16(27(32)31-23-5-2-21(28)3-6-23)19-11-17-10-18(12-19)14-20(13-17)24-8-9-30-26-7-4-22(29)15-25(24)26/h2-9,13,15-19H,10-12,14H2,1H3,(H,31,32). The molecule has 3 nitrogen and oxygen atoms in total. The number of aromatic nitrogens is 1. The molecule has 1 amide bonds. The highest BCUT2D eigenvalue weighted by Gasteiger charge is 2.36. The molecule has 32 heavy (non-hydrogen) atoms. The third-order valence-corrected chi connectivity index (χ3v) is 7.36. The molecule has 0 radical (unpaired) electrons. The molecule has 1 aromatic heterocycles. The molecule has 0 aliphatic heterocycles. The number of pyridine rings is 1. The average Bonchev–Trinajstić information content (AvgIpc) is 2.79. The zero-order valence-electron chi connectivity index (χ0n) is 18.0. The van der Waals surface area contributed by atoms with Crippen molar-refractivity contribution in [2.45, 2.75) is 32.6 Å². The number of allylic oxidation sites excluding steroid dienone is 2. The quantitative estimate of drug-likeness (QED) is 0.461. The van der Waals surface area contributed by atoms with E-state index in [-0.39, 0.29) is 17.6 Å². The lowest BCUT2D eigenvalue weighted by atomic mass is 9.65. The van der Waals surface area contributed by atoms with Crippen LogP contribution in [0.4, 0.5) is 10.1 Å². The van der Waals surface area contributed by atoms with E-state index in [9.17, 15) is 9.18 Å². The zero-order valence-corrected chi connectivity index (χ0v) is 18.8. The van der Waals surface area contributed by atoms with Gasteiger partial charge in [0, 0.05) is 28.2 Å². The minimum absolute atomic E-state index is 0.0539. The first kappa shape index (κ1) is 21.1. The van der Waals surface area contributed by atoms with Gasteiger partial charge in [-0.15, -0.1) is 0 Å². The predicted molar refractivity (Wildman–Crippen MR) is 128 cm³/mol. The Morgan fingerprint density at radius 2 is 1.94 bits per heavy atom. The molecule has 0 saturated heterocycles. The van der Waals surface area contributed by atoms with E-state index in [0.717, 1.165) is 41.4 Å². The fraction of sp³-hybridized carbons (Fsp3) is 0.333. The smallest absolute Gasteiger partial charge is 0.227 e. The Morgan fingerprint density at radius 3 is 2.72 bits per heavy atom. The number of benzene rings is 2. The van der Waals surface area contributed by atoms with Gasteiger partial charge in [0.1, 0.15) is 5.82 Å². The second kappa shape index (κ2) is 8.67. The number of carbonyl (C=O) groups is 1. The Kier molecular flexibility index (Phi) is 5.73. The number of amides is 1. The highest BCUT2D eigenvalue weighted by Crippen LogP contribution is 2.47. The maximum atomic E-state index is 13.9. The lowest BCUT2D eigenvalue weighted by Crippen LogP contribution is -2.34. The Morgan fingerprint density at radius 1 is 1.12 bits per heavy atom. The van der Waals surface area contributed by atoms with Crippen LogP contribution in [0.25, 0.3) is 16.5 Å². The predicted octanol–water partition coefficient (Wildman–Crippen LogP) is 7.12. The third kappa shape index (κ3) is 4.29. The van der Waals surface area contributed by atoms with E-state index in [1.54, 1.807) is 24.3 Å². The first-order valence-electron chi connectivity index (χ1n) is 11.3. The number of hydrogen-bond donors (Lipinski definition) is 1. The zero-order chi connectivity index (χ0) is 22.2. The Balaban J connectivity index is 1.33. The summed E-state index contributed by atoms with van der Waals surface area (Å²) in [5.74, 6) is 1.13. The van der Waals surface area contributed by atoms with Crippen LogP contribution in [0.2, 0.25) is 5.02 Å². The molecule has 2 aromatic carbocycles. The molecule has 164 valence electrons. The van der Waals surface area contributed by atoms with E-state index in [4.69, 9.17) is 11.6 Å². The molecule has 2 bridgehead atoms. The summed E-state index contributed by atoms with van der Waals surface area (Å²) < 4.78 is 13.9. The minimum atomic E-state index is -0.232. The first-order valence-corrected chi connectivity index (χ1v) is 11.7. The Bertz CT molecular complexity index is 1190. The van der Waals surface area contributed by atoms with Gasteiger partial charge in [0.05, 0.1) is 5.52 Å². The van der Waals surface area contributed by atoms with E-state index in [0.29, 0.717) is 22.8 Å². The highest BCUT2D eigenvalue weighted by molar-refractivity contribution is 6.30. The molecule has 1 heterocycles. The van der Waals surface area contributed by atoms with E-state index in [1.165, 1.54) is 18.1 Å². The maximum absolute atomic E-state index is 13.9. The molecule has 1 N–H and O–H groups in total. The Labute approximate surface area is 192 Å². The van der Waals surface area contributed by atoms with Crippen molar-refractivity contribution in [3.05, 3.63) is 77.2 Å². The number of halogens is 2. The molecule has 5 rings (SSSR count). The number of fused-ring (bicyclic) bond motifs is 3. The van der Waals surface area contributed by atoms with Crippen molar-refractivity contribution < 1.29 is 9.18 Å². The fourth-order valence-electron chi connectivity index (χ4n) is 5.51. The van der Waals surface area contributed by atoms with Gasteiger partial charge < -0.3 is 5.32 Å². The van der Waals surface area contributed by atoms with Crippen LogP contribution in [0.3, 0.4) is 0 Å². The number of nitrogens with zero attached hydrogens (tertiary/aromatic N) is 1. The van der Waals surface area contributed by atoms with Crippen LogP contribution in [0.1, 0.15) is 38.2 Å². The number of anilines is 1. The molecule has 2 aliphatic rings. The highest BCUT2D eigenvalue weighted by atomic mass is 35.5. The molecule has 0 spiro atoms. The van der Waals surface area contributed by atoms with Crippen LogP contribution in [0, 0.1) is 29.5 Å². The average molecular weight is 449 g/mol. The summed E-state index contributed by atoms with van der Waals surface area (Å²) in [6.45, 7) is 2.04. The largest absolute Gasteiger partial charge is 0.326 e. The van der Waals surface area contributed by atoms with Crippen molar-refractivity contribution in [3.8, 4) is 0 Å². The van der Waals surface area contributed by atoms with Gasteiger partial charge in [-0.05, 0) is 103 Å². The first-order chi connectivity index (χ1) is 15.5. The lowest BCUT2D eigenvalue weighted by molar-refractivity contribution is -0.121. The van der Waals surface area contributed by atoms with Gasteiger partial charge in [0.2, 0.25) is 5.91 Å². The van der Waals surface area contributed by atoms with Crippen LogP contribution >= 0.6 is 11.6 Å². The summed E-state index contributed by atoms with van der Waals surface area (Å²) >= 11 is 5.94. The van der Waals surface area contributed by atoms with Crippen LogP contribution in [-0.4, -0.2) is 10.9 Å². The van der Waals surface area contributed by atoms with E-state index >= 15 is 0 Å². The number of rotatable bonds is 4. The molecular weight excluding hydrogens is 423 g/mol. The normalized spacial score (nSPS) is 23.5. The second-order valence-electron chi connectivity index (χ2n) is 9.29. The van der Waals surface area contributed by atoms with Crippen molar-refractivity contribution >= 4 is 39.7 Å². The summed E-state index contributed by atoms with van der Waals surface area (Å²) in [5.41, 5.74) is 3.99. The van der Waals surface area contributed by atoms with Crippen molar-refractivity contribution in [1.82, 2.24) is 4.98 Å². The monoisotopic (exact) mass is 448 g/mol. The number of nitrogens with one attached hydrogen (secondary N) is 1. The molecule has 1 fully saturated rings. The summed E-state index contributed by atoms with van der Waals surface area (Å²) in [4.78, 5) is 17.3. The molecule has 4 atom stereocenters. The van der Waals surface area contributed by atoms with Crippen LogP contribution in [0.5, 0.6) is 0 Å². The van der Waals surface area contributed by atoms with Gasteiger partial charge in [-0.25, -0.2) is 4.39 Å². The van der Waals surface area contributed by atoms with Crippen LogP contribution < -0.4 is 5.32 Å². The fourth-order valence-corrected chi connectivity index (χ4v) is 5.64. The van der Waals surface area contributed by atoms with Crippen molar-refractivity contribution in [1.29, 1.82) is 0 Å². The van der Waals surface area contributed by atoms with Gasteiger partial charge in [-0.2, -0.15) is 0 Å². The van der Waals surface area contributed by atoms with Gasteiger partial charge in [0.15, 0.2) is 0 Å². The van der Waals surface area contributed by atoms with Gasteiger partial charge in [-0.1, -0.05) is 24.6 Å². The van der Waals surface area contributed by atoms with E-state index in [1.807, 2.05) is 31.3 Å². The third-order valence-electron chi connectivity index (χ3n) is 7.11. The molecule has 2 aliphatic carbocycles. The van der Waals surface area contributed by atoms with Gasteiger partial charge in [-0.3, -0.25) is 9.78 Å². The summed E-state index contributed by atoms with van der Waals surface area (Å²) in [6.07, 6.45) is 8.36. The lowest BCUT2D eigenvalue weighted by Gasteiger charge is -2.40. The van der Waals surface area contributed by atoms with E-state index in [2.05, 4.69) is 16.4 Å². The molecule has 3 aromatic rings.